The quantitative estimate of drug-likeness (QED) is 0.732. The minimum absolute atomic E-state index is 0.112. The molecule has 4 heterocycles. The molecule has 0 aromatic carbocycles. The predicted molar refractivity (Wildman–Crippen MR) is 112 cm³/mol. The first kappa shape index (κ1) is 16.9. The van der Waals surface area contributed by atoms with Crippen LogP contribution >= 0.6 is 0 Å². The number of fused-ring (bicyclic) bond motifs is 6. The molecule has 1 saturated heterocycles. The predicted octanol–water partition coefficient (Wildman–Crippen LogP) is 2.13. The van der Waals surface area contributed by atoms with E-state index in [0.717, 1.165) is 44.0 Å². The van der Waals surface area contributed by atoms with Crippen molar-refractivity contribution < 1.29 is 9.76 Å². The first-order valence-electron chi connectivity index (χ1n) is 11.4. The molecule has 0 spiro atoms. The number of rotatable bonds is 1. The van der Waals surface area contributed by atoms with Gasteiger partial charge in [-0.25, -0.2) is 4.98 Å². The number of pyridine rings is 1. The third-order valence-electron chi connectivity index (χ3n) is 8.39. The van der Waals surface area contributed by atoms with Gasteiger partial charge in [0.15, 0.2) is 0 Å². The third-order valence-corrected chi connectivity index (χ3v) is 8.39. The molecule has 3 unspecified atom stereocenters. The van der Waals surface area contributed by atoms with Crippen LogP contribution in [-0.2, 0) is 4.65 Å². The lowest BCUT2D eigenvalue weighted by molar-refractivity contribution is 0.0629. The zero-order valence-electron chi connectivity index (χ0n) is 16.6. The van der Waals surface area contributed by atoms with E-state index in [1.165, 1.54) is 41.4 Å². The summed E-state index contributed by atoms with van der Waals surface area (Å²) in [6.07, 6.45) is 10.8. The molecule has 6 atom stereocenters. The zero-order valence-corrected chi connectivity index (χ0v) is 16.6. The molecule has 2 aliphatic heterocycles. The molecular formula is C22H27BN4O2. The molecule has 8 rings (SSSR count). The smallest absolute Gasteiger partial charge is 0.412 e. The highest BCUT2D eigenvalue weighted by Gasteiger charge is 2.52. The summed E-state index contributed by atoms with van der Waals surface area (Å²) in [7, 11) is -0.112. The monoisotopic (exact) mass is 390 g/mol. The number of hydrogen-bond donors (Lipinski definition) is 2. The lowest BCUT2D eigenvalue weighted by Crippen LogP contribution is -2.58. The van der Waals surface area contributed by atoms with E-state index in [1.807, 2.05) is 12.4 Å². The zero-order chi connectivity index (χ0) is 19.1. The molecule has 2 aromatic heterocycles. The fourth-order valence-electron chi connectivity index (χ4n) is 7.38. The molecule has 4 saturated carbocycles. The molecule has 2 N–H and O–H groups in total. The van der Waals surface area contributed by atoms with Crippen molar-refractivity contribution in [2.24, 2.45) is 34.7 Å². The SMILES string of the molecule is O[C@H]1CC2CC3CC(C[C@H]1C3)[C@H]2C1=NN2CCCOB2c2cnc3[nH]ccc3c21. The maximum atomic E-state index is 10.8. The fraction of sp³-hybridized carbons (Fsp3) is 0.636. The van der Waals surface area contributed by atoms with Gasteiger partial charge >= 0.3 is 7.05 Å². The number of aliphatic hydroxyl groups excluding tert-OH is 1. The van der Waals surface area contributed by atoms with Crippen molar-refractivity contribution in [1.29, 1.82) is 0 Å². The van der Waals surface area contributed by atoms with E-state index >= 15 is 0 Å². The van der Waals surface area contributed by atoms with Gasteiger partial charge in [0, 0.05) is 47.9 Å². The molecule has 4 bridgehead atoms. The van der Waals surface area contributed by atoms with E-state index in [-0.39, 0.29) is 13.2 Å². The Morgan fingerprint density at radius 1 is 1.14 bits per heavy atom. The summed E-state index contributed by atoms with van der Waals surface area (Å²) in [5.41, 5.74) is 4.61. The number of nitrogens with zero attached hydrogens (tertiary/aromatic N) is 3. The molecule has 0 radical (unpaired) electrons. The first-order chi connectivity index (χ1) is 14.3. The number of hydrazone groups is 1. The van der Waals surface area contributed by atoms with Gasteiger partial charge in [-0.1, -0.05) is 0 Å². The maximum absolute atomic E-state index is 10.8. The van der Waals surface area contributed by atoms with Gasteiger partial charge in [0.1, 0.15) is 5.65 Å². The summed E-state index contributed by atoms with van der Waals surface area (Å²) < 4.78 is 6.16. The molecule has 150 valence electrons. The second kappa shape index (κ2) is 6.08. The number of H-pyrrole nitrogens is 1. The number of aromatic nitrogens is 2. The van der Waals surface area contributed by atoms with Gasteiger partial charge in [-0.3, -0.25) is 0 Å². The van der Waals surface area contributed by atoms with Crippen molar-refractivity contribution in [3.63, 3.8) is 0 Å². The topological polar surface area (TPSA) is 73.7 Å². The minimum atomic E-state index is -0.128. The maximum Gasteiger partial charge on any atom is 0.471 e. The van der Waals surface area contributed by atoms with Crippen LogP contribution in [0.2, 0.25) is 0 Å². The lowest BCUT2D eigenvalue weighted by atomic mass is 9.58. The number of aromatic amines is 1. The molecule has 6 aliphatic rings. The Kier molecular flexibility index (Phi) is 3.54. The molecule has 6 nitrogen and oxygen atoms in total. The Hall–Kier alpha value is -1.86. The summed E-state index contributed by atoms with van der Waals surface area (Å²) in [6.45, 7) is 1.72. The molecular weight excluding hydrogens is 363 g/mol. The van der Waals surface area contributed by atoms with Gasteiger partial charge < -0.3 is 19.7 Å². The molecule has 0 amide bonds. The summed E-state index contributed by atoms with van der Waals surface area (Å²) in [5, 5.41) is 17.3. The van der Waals surface area contributed by atoms with E-state index in [9.17, 15) is 5.11 Å². The van der Waals surface area contributed by atoms with Gasteiger partial charge in [-0.2, -0.15) is 5.10 Å². The van der Waals surface area contributed by atoms with Crippen molar-refractivity contribution in [1.82, 2.24) is 14.9 Å². The Balaban J connectivity index is 1.42. The van der Waals surface area contributed by atoms with Crippen LogP contribution in [0.15, 0.2) is 23.6 Å². The first-order valence-corrected chi connectivity index (χ1v) is 11.4. The van der Waals surface area contributed by atoms with E-state index in [4.69, 9.17) is 9.76 Å². The van der Waals surface area contributed by atoms with Gasteiger partial charge in [-0.05, 0) is 68.3 Å². The van der Waals surface area contributed by atoms with Crippen molar-refractivity contribution in [2.75, 3.05) is 13.2 Å². The number of hydrogen-bond acceptors (Lipinski definition) is 5. The van der Waals surface area contributed by atoms with Crippen LogP contribution in [0, 0.1) is 29.6 Å². The fourth-order valence-corrected chi connectivity index (χ4v) is 7.38. The van der Waals surface area contributed by atoms with E-state index in [0.29, 0.717) is 23.7 Å². The minimum Gasteiger partial charge on any atom is -0.412 e. The highest BCUT2D eigenvalue weighted by molar-refractivity contribution is 6.67. The molecule has 7 heteroatoms. The van der Waals surface area contributed by atoms with Crippen LogP contribution < -0.4 is 5.46 Å². The average molecular weight is 390 g/mol. The summed E-state index contributed by atoms with van der Waals surface area (Å²) in [5.74, 6) is 2.92. The highest BCUT2D eigenvalue weighted by Crippen LogP contribution is 2.55. The summed E-state index contributed by atoms with van der Waals surface area (Å²) >= 11 is 0. The van der Waals surface area contributed by atoms with E-state index in [2.05, 4.69) is 21.0 Å². The van der Waals surface area contributed by atoms with Crippen LogP contribution in [0.5, 0.6) is 0 Å². The normalized spacial score (nSPS) is 38.0. The largest absolute Gasteiger partial charge is 0.471 e. The van der Waals surface area contributed by atoms with Crippen LogP contribution in [0.4, 0.5) is 0 Å². The Labute approximate surface area is 170 Å². The number of nitrogens with one attached hydrogen (secondary N) is 1. The number of aliphatic hydroxyl groups is 1. The van der Waals surface area contributed by atoms with Gasteiger partial charge in [-0.15, -0.1) is 0 Å². The average Bonchev–Trinajstić information content (AvgIpc) is 3.15. The second-order valence-corrected chi connectivity index (χ2v) is 9.97. The Bertz CT molecular complexity index is 1010. The third kappa shape index (κ3) is 2.37. The van der Waals surface area contributed by atoms with Crippen molar-refractivity contribution in [2.45, 2.75) is 44.6 Å². The van der Waals surface area contributed by atoms with Crippen LogP contribution in [0.25, 0.3) is 11.0 Å². The molecule has 29 heavy (non-hydrogen) atoms. The van der Waals surface area contributed by atoms with Crippen molar-refractivity contribution in [3.05, 3.63) is 24.0 Å². The standard InChI is InChI=1S/C22H27BN4O2/c28-18-10-15-8-12-6-13(18)9-14(7-12)19(15)21-20-16-2-3-24-22(16)25-11-17(20)23-27(26-21)4-1-5-29-23/h2-3,11-15,18-19,28H,1,4-10H2,(H,24,25)/t12?,13-,14?,15?,18+,19-/m1/s1. The highest BCUT2D eigenvalue weighted by atomic mass is 16.4. The second-order valence-electron chi connectivity index (χ2n) is 9.97. The van der Waals surface area contributed by atoms with E-state index in [1.54, 1.807) is 0 Å². The summed E-state index contributed by atoms with van der Waals surface area (Å²) in [6, 6.07) is 2.15. The van der Waals surface area contributed by atoms with Crippen molar-refractivity contribution >= 4 is 29.3 Å². The van der Waals surface area contributed by atoms with Gasteiger partial charge in [0.25, 0.3) is 0 Å². The van der Waals surface area contributed by atoms with Crippen molar-refractivity contribution in [3.8, 4) is 0 Å². The molecule has 4 aliphatic carbocycles. The van der Waals surface area contributed by atoms with Gasteiger partial charge in [0.05, 0.1) is 11.8 Å². The van der Waals surface area contributed by atoms with Crippen LogP contribution in [0.1, 0.15) is 44.1 Å². The summed E-state index contributed by atoms with van der Waals surface area (Å²) in [4.78, 5) is 10.1. The molecule has 5 fully saturated rings. The Morgan fingerprint density at radius 3 is 2.93 bits per heavy atom. The van der Waals surface area contributed by atoms with Crippen LogP contribution in [-0.4, -0.2) is 52.0 Å². The van der Waals surface area contributed by atoms with Crippen LogP contribution in [0.3, 0.4) is 0 Å². The van der Waals surface area contributed by atoms with E-state index < -0.39 is 0 Å². The van der Waals surface area contributed by atoms with Gasteiger partial charge in [0.2, 0.25) is 0 Å². The molecule has 2 aromatic rings. The lowest BCUT2D eigenvalue weighted by Gasteiger charge is -2.46. The Morgan fingerprint density at radius 2 is 2.00 bits per heavy atom.